The number of rotatable bonds is 48. The molecule has 0 spiro atoms. The third-order valence-corrected chi connectivity index (χ3v) is 11.0. The molecule has 0 fully saturated rings. The Kier molecular flexibility index (Phi) is 47.4. The van der Waals surface area contributed by atoms with Gasteiger partial charge >= 0.3 is 17.9 Å². The van der Waals surface area contributed by atoms with Crippen LogP contribution in [0.3, 0.4) is 0 Å². The Balaban J connectivity index is 4.23. The summed E-state index contributed by atoms with van der Waals surface area (Å²) in [5.74, 6) is -2.06. The fourth-order valence-corrected chi connectivity index (χ4v) is 6.91. The van der Waals surface area contributed by atoms with E-state index in [2.05, 4.69) is 123 Å². The van der Waals surface area contributed by atoms with Gasteiger partial charge in [0.25, 0.3) is 6.29 Å². The van der Waals surface area contributed by atoms with Crippen LogP contribution in [0, 0.1) is 0 Å². The predicted molar refractivity (Wildman–Crippen MR) is 290 cm³/mol. The first kappa shape index (κ1) is 65.0. The number of quaternary nitrogens is 1. The number of hydrogen-bond donors (Lipinski definition) is 1. The SMILES string of the molecule is CC/C=C\C/C=C\C/C=C\C/C=C\C/C=C\C/C=C\CCCCCCCCCCCCCCC(=O)OC(COC(=O)CCCCC/C=C\C/C=C\C/C=C\CC)COC(OCC[N+](C)(C)C)C(=O)O. The Morgan fingerprint density at radius 3 is 1.17 bits per heavy atom. The van der Waals surface area contributed by atoms with Crippen molar-refractivity contribution in [2.45, 2.75) is 206 Å². The van der Waals surface area contributed by atoms with E-state index < -0.39 is 24.3 Å². The summed E-state index contributed by atoms with van der Waals surface area (Å²) in [4.78, 5) is 37.3. The molecule has 0 aromatic heterocycles. The standard InChI is InChI=1S/C60H99NO8/c1-6-8-10-12-14-16-18-20-21-22-23-24-25-26-27-28-29-30-31-32-33-34-35-36-37-39-41-43-45-47-49-51-58(63)69-56(55-68-60(59(64)65)66-53-52-61(3,4)5)54-67-57(62)50-48-46-44-42-40-38-19-17-15-13-11-9-7-2/h8-11,14-17,20-21,23-24,26-27,29-30,38,40,56,60H,6-7,12-13,18-19,22,25,28,31-37,39,41-55H2,1-5H3/p+1/b10-8-,11-9-,16-14-,17-15-,21-20-,24-23-,27-26-,30-29-,40-38-. The molecule has 0 aliphatic carbocycles. The van der Waals surface area contributed by atoms with Crippen molar-refractivity contribution in [3.05, 3.63) is 109 Å². The summed E-state index contributed by atoms with van der Waals surface area (Å²) in [6.07, 6.45) is 66.0. The van der Waals surface area contributed by atoms with Crippen molar-refractivity contribution >= 4 is 17.9 Å². The highest BCUT2D eigenvalue weighted by Gasteiger charge is 2.25. The molecule has 69 heavy (non-hydrogen) atoms. The summed E-state index contributed by atoms with van der Waals surface area (Å²) in [5.41, 5.74) is 0. The zero-order valence-electron chi connectivity index (χ0n) is 44.4. The van der Waals surface area contributed by atoms with Crippen molar-refractivity contribution < 1.29 is 42.9 Å². The number of allylic oxidation sites excluding steroid dienone is 18. The van der Waals surface area contributed by atoms with E-state index in [9.17, 15) is 19.5 Å². The third kappa shape index (κ3) is 51.6. The molecule has 0 rings (SSSR count). The number of unbranched alkanes of at least 4 members (excludes halogenated alkanes) is 15. The molecule has 0 aromatic carbocycles. The fourth-order valence-electron chi connectivity index (χ4n) is 6.91. The topological polar surface area (TPSA) is 108 Å². The number of nitrogens with zero attached hydrogens (tertiary/aromatic N) is 1. The van der Waals surface area contributed by atoms with Crippen LogP contribution < -0.4 is 0 Å². The summed E-state index contributed by atoms with van der Waals surface area (Å²) < 4.78 is 22.8. The Morgan fingerprint density at radius 2 is 0.783 bits per heavy atom. The summed E-state index contributed by atoms with van der Waals surface area (Å²) in [7, 11) is 5.94. The molecule has 0 saturated heterocycles. The minimum Gasteiger partial charge on any atom is -0.477 e. The van der Waals surface area contributed by atoms with Crippen LogP contribution in [0.4, 0.5) is 0 Å². The average molecular weight is 963 g/mol. The highest BCUT2D eigenvalue weighted by atomic mass is 16.7. The third-order valence-electron chi connectivity index (χ3n) is 11.0. The van der Waals surface area contributed by atoms with E-state index in [1.165, 1.54) is 57.8 Å². The number of carbonyl (C=O) groups is 3. The molecule has 0 amide bonds. The van der Waals surface area contributed by atoms with Gasteiger partial charge in [-0.05, 0) is 96.3 Å². The van der Waals surface area contributed by atoms with E-state index in [-0.39, 0.29) is 38.6 Å². The van der Waals surface area contributed by atoms with Crippen molar-refractivity contribution in [1.82, 2.24) is 0 Å². The summed E-state index contributed by atoms with van der Waals surface area (Å²) in [5, 5.41) is 9.67. The first-order chi connectivity index (χ1) is 33.6. The zero-order valence-corrected chi connectivity index (χ0v) is 44.4. The van der Waals surface area contributed by atoms with Crippen LogP contribution >= 0.6 is 0 Å². The summed E-state index contributed by atoms with van der Waals surface area (Å²) in [6.45, 7) is 4.59. The van der Waals surface area contributed by atoms with Crippen LogP contribution in [-0.4, -0.2) is 87.4 Å². The Morgan fingerprint density at radius 1 is 0.435 bits per heavy atom. The second kappa shape index (κ2) is 50.3. The van der Waals surface area contributed by atoms with E-state index in [4.69, 9.17) is 18.9 Å². The molecule has 0 bridgehead atoms. The maximum atomic E-state index is 12.8. The molecule has 9 heteroatoms. The second-order valence-corrected chi connectivity index (χ2v) is 18.8. The molecule has 0 aliphatic heterocycles. The molecular weight excluding hydrogens is 863 g/mol. The number of aliphatic carboxylic acids is 1. The van der Waals surface area contributed by atoms with Crippen LogP contribution in [0.15, 0.2) is 109 Å². The van der Waals surface area contributed by atoms with Gasteiger partial charge in [-0.25, -0.2) is 4.79 Å². The van der Waals surface area contributed by atoms with Gasteiger partial charge in [0.1, 0.15) is 13.2 Å². The van der Waals surface area contributed by atoms with Gasteiger partial charge in [0, 0.05) is 12.8 Å². The molecule has 0 saturated carbocycles. The largest absolute Gasteiger partial charge is 0.477 e. The molecule has 0 aliphatic rings. The van der Waals surface area contributed by atoms with E-state index >= 15 is 0 Å². The molecule has 9 nitrogen and oxygen atoms in total. The molecule has 0 aromatic rings. The number of carboxylic acids is 1. The molecule has 0 radical (unpaired) electrons. The van der Waals surface area contributed by atoms with E-state index in [0.29, 0.717) is 23.9 Å². The highest BCUT2D eigenvalue weighted by Crippen LogP contribution is 2.15. The zero-order chi connectivity index (χ0) is 50.6. The predicted octanol–water partition coefficient (Wildman–Crippen LogP) is 15.6. The van der Waals surface area contributed by atoms with Gasteiger partial charge in [0.2, 0.25) is 0 Å². The molecular formula is C60H100NO8+. The highest BCUT2D eigenvalue weighted by molar-refractivity contribution is 5.71. The molecule has 2 atom stereocenters. The van der Waals surface area contributed by atoms with E-state index in [0.717, 1.165) is 96.3 Å². The molecule has 392 valence electrons. The molecule has 1 N–H and O–H groups in total. The van der Waals surface area contributed by atoms with Crippen molar-refractivity contribution in [1.29, 1.82) is 0 Å². The van der Waals surface area contributed by atoms with Crippen molar-refractivity contribution in [2.75, 3.05) is 47.5 Å². The summed E-state index contributed by atoms with van der Waals surface area (Å²) in [6, 6.07) is 0. The van der Waals surface area contributed by atoms with Gasteiger partial charge in [-0.3, -0.25) is 9.59 Å². The van der Waals surface area contributed by atoms with Crippen molar-refractivity contribution in [3.63, 3.8) is 0 Å². The average Bonchev–Trinajstić information content (AvgIpc) is 3.31. The van der Waals surface area contributed by atoms with Gasteiger partial charge in [-0.15, -0.1) is 0 Å². The van der Waals surface area contributed by atoms with Crippen LogP contribution in [0.2, 0.25) is 0 Å². The quantitative estimate of drug-likeness (QED) is 0.0211. The number of esters is 2. The van der Waals surface area contributed by atoms with Crippen LogP contribution in [0.5, 0.6) is 0 Å². The minimum atomic E-state index is -1.52. The van der Waals surface area contributed by atoms with Crippen LogP contribution in [-0.2, 0) is 33.3 Å². The number of carbonyl (C=O) groups excluding carboxylic acids is 2. The maximum absolute atomic E-state index is 12.8. The van der Waals surface area contributed by atoms with Crippen LogP contribution in [0.1, 0.15) is 194 Å². The van der Waals surface area contributed by atoms with Gasteiger partial charge in [0.15, 0.2) is 6.10 Å². The lowest BCUT2D eigenvalue weighted by Gasteiger charge is -2.25. The lowest BCUT2D eigenvalue weighted by Crippen LogP contribution is -2.40. The number of hydrogen-bond acceptors (Lipinski definition) is 7. The lowest BCUT2D eigenvalue weighted by molar-refractivity contribution is -0.870. The minimum absolute atomic E-state index is 0.177. The first-order valence-corrected chi connectivity index (χ1v) is 27.1. The number of carboxylic acid groups (broad SMARTS) is 1. The Hall–Kier alpha value is -4.05. The van der Waals surface area contributed by atoms with Gasteiger partial charge < -0.3 is 28.5 Å². The number of ether oxygens (including phenoxy) is 4. The molecule has 2 unspecified atom stereocenters. The monoisotopic (exact) mass is 963 g/mol. The number of likely N-dealkylation sites (N-methyl/N-ethyl adjacent to an activating group) is 1. The van der Waals surface area contributed by atoms with Gasteiger partial charge in [-0.1, -0.05) is 194 Å². The van der Waals surface area contributed by atoms with Crippen molar-refractivity contribution in [3.8, 4) is 0 Å². The van der Waals surface area contributed by atoms with E-state index in [1.54, 1.807) is 0 Å². The molecule has 0 heterocycles. The second-order valence-electron chi connectivity index (χ2n) is 18.8. The van der Waals surface area contributed by atoms with E-state index in [1.807, 2.05) is 21.1 Å². The first-order valence-electron chi connectivity index (χ1n) is 27.1. The van der Waals surface area contributed by atoms with Gasteiger partial charge in [-0.2, -0.15) is 0 Å². The lowest BCUT2D eigenvalue weighted by atomic mass is 10.0. The normalized spacial score (nSPS) is 13.7. The van der Waals surface area contributed by atoms with Crippen LogP contribution in [0.25, 0.3) is 0 Å². The Bertz CT molecular complexity index is 1490. The fraction of sp³-hybridized carbons (Fsp3) is 0.650. The van der Waals surface area contributed by atoms with Crippen molar-refractivity contribution in [2.24, 2.45) is 0 Å². The van der Waals surface area contributed by atoms with Gasteiger partial charge in [0.05, 0.1) is 34.4 Å². The maximum Gasteiger partial charge on any atom is 0.361 e. The summed E-state index contributed by atoms with van der Waals surface area (Å²) >= 11 is 0. The smallest absolute Gasteiger partial charge is 0.361 e. The Labute approximate surface area is 422 Å².